The summed E-state index contributed by atoms with van der Waals surface area (Å²) in [5, 5.41) is 6.25. The van der Waals surface area contributed by atoms with Crippen molar-refractivity contribution < 1.29 is 9.53 Å². The standard InChI is InChI=1S/C15H20Br2N2O2/c1-3-21-14-10(6-11(16)7-13(14)17)8-18-9(2)15(20)19-12-4-5-12/h6-7,9,12,18H,3-5,8H2,1-2H3,(H,19,20). The van der Waals surface area contributed by atoms with Crippen molar-refractivity contribution in [3.05, 3.63) is 26.6 Å². The van der Waals surface area contributed by atoms with Crippen molar-refractivity contribution in [3.63, 3.8) is 0 Å². The van der Waals surface area contributed by atoms with Gasteiger partial charge in [-0.3, -0.25) is 4.79 Å². The van der Waals surface area contributed by atoms with Gasteiger partial charge in [0, 0.05) is 22.6 Å². The van der Waals surface area contributed by atoms with Gasteiger partial charge in [-0.15, -0.1) is 0 Å². The van der Waals surface area contributed by atoms with Gasteiger partial charge in [-0.2, -0.15) is 0 Å². The molecule has 1 amide bonds. The Bertz CT molecular complexity index is 519. The number of hydrogen-bond acceptors (Lipinski definition) is 3. The van der Waals surface area contributed by atoms with Gasteiger partial charge in [0.15, 0.2) is 0 Å². The molecule has 21 heavy (non-hydrogen) atoms. The number of carbonyl (C=O) groups is 1. The second-order valence-corrected chi connectivity index (χ2v) is 6.96. The summed E-state index contributed by atoms with van der Waals surface area (Å²) in [7, 11) is 0. The first kappa shape index (κ1) is 16.8. The van der Waals surface area contributed by atoms with Gasteiger partial charge in [0.1, 0.15) is 5.75 Å². The Balaban J connectivity index is 1.99. The summed E-state index contributed by atoms with van der Waals surface area (Å²) in [5.41, 5.74) is 1.02. The third-order valence-electron chi connectivity index (χ3n) is 3.29. The fourth-order valence-corrected chi connectivity index (χ4v) is 3.39. The molecular formula is C15H20Br2N2O2. The zero-order valence-corrected chi connectivity index (χ0v) is 15.4. The van der Waals surface area contributed by atoms with Crippen LogP contribution in [0.1, 0.15) is 32.3 Å². The van der Waals surface area contributed by atoms with Crippen LogP contribution in [0.3, 0.4) is 0 Å². The maximum atomic E-state index is 11.9. The number of nitrogens with one attached hydrogen (secondary N) is 2. The average Bonchev–Trinajstić information content (AvgIpc) is 3.23. The Labute approximate surface area is 142 Å². The third-order valence-corrected chi connectivity index (χ3v) is 4.34. The number of halogens is 2. The molecular weight excluding hydrogens is 400 g/mol. The van der Waals surface area contributed by atoms with E-state index in [0.29, 0.717) is 19.2 Å². The quantitative estimate of drug-likeness (QED) is 0.712. The topological polar surface area (TPSA) is 50.4 Å². The third kappa shape index (κ3) is 4.97. The average molecular weight is 420 g/mol. The lowest BCUT2D eigenvalue weighted by Crippen LogP contribution is -2.42. The van der Waals surface area contributed by atoms with Crippen LogP contribution in [-0.2, 0) is 11.3 Å². The number of ether oxygens (including phenoxy) is 1. The van der Waals surface area contributed by atoms with Crippen LogP contribution in [0.25, 0.3) is 0 Å². The summed E-state index contributed by atoms with van der Waals surface area (Å²) in [5.74, 6) is 0.882. The normalized spacial score (nSPS) is 15.6. The fourth-order valence-electron chi connectivity index (χ4n) is 1.96. The van der Waals surface area contributed by atoms with Crippen LogP contribution in [0.5, 0.6) is 5.75 Å². The molecule has 0 bridgehead atoms. The van der Waals surface area contributed by atoms with Crippen molar-refractivity contribution in [1.29, 1.82) is 0 Å². The molecule has 0 spiro atoms. The van der Waals surface area contributed by atoms with Crippen LogP contribution in [-0.4, -0.2) is 24.6 Å². The van der Waals surface area contributed by atoms with E-state index in [1.165, 1.54) is 0 Å². The molecule has 1 aromatic rings. The first-order valence-corrected chi connectivity index (χ1v) is 8.74. The molecule has 2 N–H and O–H groups in total. The Morgan fingerprint density at radius 2 is 2.14 bits per heavy atom. The molecule has 1 aromatic carbocycles. The fraction of sp³-hybridized carbons (Fsp3) is 0.533. The molecule has 1 fully saturated rings. The van der Waals surface area contributed by atoms with E-state index < -0.39 is 0 Å². The van der Waals surface area contributed by atoms with Crippen molar-refractivity contribution in [3.8, 4) is 5.75 Å². The lowest BCUT2D eigenvalue weighted by molar-refractivity contribution is -0.122. The highest BCUT2D eigenvalue weighted by Crippen LogP contribution is 2.33. The molecule has 1 atom stereocenters. The highest BCUT2D eigenvalue weighted by molar-refractivity contribution is 9.11. The zero-order chi connectivity index (χ0) is 15.4. The summed E-state index contributed by atoms with van der Waals surface area (Å²) < 4.78 is 7.57. The van der Waals surface area contributed by atoms with Crippen LogP contribution in [0, 0.1) is 0 Å². The van der Waals surface area contributed by atoms with Crippen molar-refractivity contribution >= 4 is 37.8 Å². The van der Waals surface area contributed by atoms with E-state index in [0.717, 1.165) is 33.1 Å². The molecule has 1 saturated carbocycles. The van der Waals surface area contributed by atoms with E-state index >= 15 is 0 Å². The number of amides is 1. The van der Waals surface area contributed by atoms with Gasteiger partial charge in [0.25, 0.3) is 0 Å². The monoisotopic (exact) mass is 418 g/mol. The maximum Gasteiger partial charge on any atom is 0.237 e. The van der Waals surface area contributed by atoms with E-state index in [1.807, 2.05) is 26.0 Å². The Hall–Kier alpha value is -0.590. The smallest absolute Gasteiger partial charge is 0.237 e. The van der Waals surface area contributed by atoms with Crippen molar-refractivity contribution in [2.24, 2.45) is 0 Å². The Kier molecular flexibility index (Phi) is 6.08. The maximum absolute atomic E-state index is 11.9. The van der Waals surface area contributed by atoms with Gasteiger partial charge in [0.05, 0.1) is 17.1 Å². The minimum absolute atomic E-state index is 0.0597. The number of rotatable bonds is 7. The predicted molar refractivity (Wildman–Crippen MR) is 90.5 cm³/mol. The molecule has 0 saturated heterocycles. The second-order valence-electron chi connectivity index (χ2n) is 5.19. The lowest BCUT2D eigenvalue weighted by atomic mass is 10.2. The van der Waals surface area contributed by atoms with Gasteiger partial charge in [-0.1, -0.05) is 15.9 Å². The van der Waals surface area contributed by atoms with Crippen LogP contribution < -0.4 is 15.4 Å². The van der Waals surface area contributed by atoms with Gasteiger partial charge >= 0.3 is 0 Å². The SMILES string of the molecule is CCOc1c(Br)cc(Br)cc1CNC(C)C(=O)NC1CC1. The minimum Gasteiger partial charge on any atom is -0.492 e. The molecule has 1 aliphatic carbocycles. The number of carbonyl (C=O) groups excluding carboxylic acids is 1. The molecule has 0 heterocycles. The molecule has 4 nitrogen and oxygen atoms in total. The highest BCUT2D eigenvalue weighted by Gasteiger charge is 2.25. The summed E-state index contributed by atoms with van der Waals surface area (Å²) in [6.45, 7) is 5.01. The summed E-state index contributed by atoms with van der Waals surface area (Å²) in [6.07, 6.45) is 2.21. The predicted octanol–water partition coefficient (Wildman–Crippen LogP) is 3.37. The lowest BCUT2D eigenvalue weighted by Gasteiger charge is -2.17. The molecule has 0 radical (unpaired) electrons. The van der Waals surface area contributed by atoms with E-state index in [2.05, 4.69) is 42.5 Å². The Morgan fingerprint density at radius 3 is 2.76 bits per heavy atom. The second kappa shape index (κ2) is 7.61. The largest absolute Gasteiger partial charge is 0.492 e. The summed E-state index contributed by atoms with van der Waals surface area (Å²) in [6, 6.07) is 4.13. The van der Waals surface area contributed by atoms with Crippen molar-refractivity contribution in [2.75, 3.05) is 6.61 Å². The Morgan fingerprint density at radius 1 is 1.43 bits per heavy atom. The van der Waals surface area contributed by atoms with Gasteiger partial charge < -0.3 is 15.4 Å². The van der Waals surface area contributed by atoms with E-state index in [4.69, 9.17) is 4.74 Å². The molecule has 2 rings (SSSR count). The van der Waals surface area contributed by atoms with Gasteiger partial charge in [-0.05, 0) is 54.8 Å². The van der Waals surface area contributed by atoms with Crippen LogP contribution in [0.2, 0.25) is 0 Å². The highest BCUT2D eigenvalue weighted by atomic mass is 79.9. The van der Waals surface area contributed by atoms with E-state index in [1.54, 1.807) is 0 Å². The van der Waals surface area contributed by atoms with Gasteiger partial charge in [-0.25, -0.2) is 0 Å². The molecule has 6 heteroatoms. The van der Waals surface area contributed by atoms with Crippen molar-refractivity contribution in [2.45, 2.75) is 45.3 Å². The first-order valence-electron chi connectivity index (χ1n) is 7.15. The molecule has 0 aliphatic heterocycles. The summed E-state index contributed by atoms with van der Waals surface area (Å²) in [4.78, 5) is 11.9. The number of benzene rings is 1. The first-order chi connectivity index (χ1) is 10.0. The van der Waals surface area contributed by atoms with E-state index in [9.17, 15) is 4.79 Å². The van der Waals surface area contributed by atoms with E-state index in [-0.39, 0.29) is 11.9 Å². The van der Waals surface area contributed by atoms with Crippen LogP contribution >= 0.6 is 31.9 Å². The van der Waals surface area contributed by atoms with Crippen LogP contribution in [0.15, 0.2) is 21.1 Å². The zero-order valence-electron chi connectivity index (χ0n) is 12.2. The van der Waals surface area contributed by atoms with Crippen LogP contribution in [0.4, 0.5) is 0 Å². The molecule has 116 valence electrons. The van der Waals surface area contributed by atoms with Crippen molar-refractivity contribution in [1.82, 2.24) is 10.6 Å². The molecule has 1 aliphatic rings. The number of hydrogen-bond donors (Lipinski definition) is 2. The van der Waals surface area contributed by atoms with Gasteiger partial charge in [0.2, 0.25) is 5.91 Å². The molecule has 0 aromatic heterocycles. The molecule has 1 unspecified atom stereocenters. The minimum atomic E-state index is -0.224. The summed E-state index contributed by atoms with van der Waals surface area (Å²) >= 11 is 7.00.